The van der Waals surface area contributed by atoms with Crippen LogP contribution in [0, 0.1) is 0 Å². The molecule has 5 heteroatoms. The zero-order valence-electron chi connectivity index (χ0n) is 13.6. The molecule has 2 aliphatic rings. The highest BCUT2D eigenvalue weighted by Crippen LogP contribution is 2.30. The van der Waals surface area contributed by atoms with Crippen LogP contribution in [0.4, 0.5) is 11.6 Å². The van der Waals surface area contributed by atoms with Crippen LogP contribution in [-0.2, 0) is 4.74 Å². The molecule has 0 amide bonds. The van der Waals surface area contributed by atoms with E-state index in [1.165, 1.54) is 25.7 Å². The van der Waals surface area contributed by atoms with Gasteiger partial charge >= 0.3 is 0 Å². The smallest absolute Gasteiger partial charge is 0.172 e. The van der Waals surface area contributed by atoms with Gasteiger partial charge in [-0.2, -0.15) is 0 Å². The molecule has 0 unspecified atom stereocenters. The zero-order valence-corrected chi connectivity index (χ0v) is 13.6. The van der Waals surface area contributed by atoms with E-state index < -0.39 is 0 Å². The highest BCUT2D eigenvalue weighted by Gasteiger charge is 2.22. The SMILES string of the molecule is c1ccc2nc(N3CCOCC3)c(N3CCCCCC3)nc2c1. The summed E-state index contributed by atoms with van der Waals surface area (Å²) in [5, 5.41) is 0. The summed E-state index contributed by atoms with van der Waals surface area (Å²) in [6, 6.07) is 8.19. The van der Waals surface area contributed by atoms with Crippen molar-refractivity contribution in [2.75, 3.05) is 49.2 Å². The molecule has 0 N–H and O–H groups in total. The number of rotatable bonds is 2. The van der Waals surface area contributed by atoms with Crippen molar-refractivity contribution < 1.29 is 4.74 Å². The van der Waals surface area contributed by atoms with Crippen LogP contribution < -0.4 is 9.80 Å². The predicted molar refractivity (Wildman–Crippen MR) is 93.3 cm³/mol. The van der Waals surface area contributed by atoms with Gasteiger partial charge < -0.3 is 14.5 Å². The quantitative estimate of drug-likeness (QED) is 0.853. The van der Waals surface area contributed by atoms with E-state index in [-0.39, 0.29) is 0 Å². The van der Waals surface area contributed by atoms with Gasteiger partial charge in [-0.1, -0.05) is 25.0 Å². The second kappa shape index (κ2) is 6.71. The summed E-state index contributed by atoms with van der Waals surface area (Å²) < 4.78 is 5.51. The van der Waals surface area contributed by atoms with Crippen LogP contribution >= 0.6 is 0 Å². The van der Waals surface area contributed by atoms with Crippen molar-refractivity contribution in [1.29, 1.82) is 0 Å². The Bertz CT molecular complexity index is 661. The van der Waals surface area contributed by atoms with Gasteiger partial charge in [0.2, 0.25) is 0 Å². The molecule has 2 aromatic rings. The van der Waals surface area contributed by atoms with Crippen molar-refractivity contribution in [3.8, 4) is 0 Å². The number of anilines is 2. The number of hydrogen-bond donors (Lipinski definition) is 0. The molecular weight excluding hydrogens is 288 g/mol. The van der Waals surface area contributed by atoms with E-state index in [2.05, 4.69) is 21.9 Å². The van der Waals surface area contributed by atoms with Gasteiger partial charge in [-0.05, 0) is 25.0 Å². The highest BCUT2D eigenvalue weighted by molar-refractivity contribution is 5.81. The molecule has 3 heterocycles. The van der Waals surface area contributed by atoms with E-state index in [0.717, 1.165) is 62.1 Å². The molecule has 2 fully saturated rings. The Morgan fingerprint density at radius 3 is 1.78 bits per heavy atom. The Hall–Kier alpha value is -1.88. The van der Waals surface area contributed by atoms with E-state index in [1.54, 1.807) is 0 Å². The first-order valence-corrected chi connectivity index (χ1v) is 8.76. The third-order valence-electron chi connectivity index (χ3n) is 4.75. The van der Waals surface area contributed by atoms with Gasteiger partial charge in [-0.25, -0.2) is 9.97 Å². The van der Waals surface area contributed by atoms with Crippen LogP contribution in [0.15, 0.2) is 24.3 Å². The number of morpholine rings is 1. The van der Waals surface area contributed by atoms with E-state index in [1.807, 2.05) is 12.1 Å². The van der Waals surface area contributed by atoms with E-state index in [9.17, 15) is 0 Å². The second-order valence-electron chi connectivity index (χ2n) is 6.36. The number of para-hydroxylation sites is 2. The molecule has 1 aromatic carbocycles. The molecule has 0 radical (unpaired) electrons. The fraction of sp³-hybridized carbons (Fsp3) is 0.556. The number of hydrogen-bond acceptors (Lipinski definition) is 5. The molecule has 0 aliphatic carbocycles. The Balaban J connectivity index is 1.78. The molecule has 122 valence electrons. The number of benzene rings is 1. The van der Waals surface area contributed by atoms with Gasteiger partial charge in [-0.15, -0.1) is 0 Å². The summed E-state index contributed by atoms with van der Waals surface area (Å²) in [6.45, 7) is 5.51. The molecule has 0 spiro atoms. The number of nitrogens with zero attached hydrogens (tertiary/aromatic N) is 4. The first-order chi connectivity index (χ1) is 11.4. The minimum absolute atomic E-state index is 0.772. The van der Waals surface area contributed by atoms with Crippen LogP contribution in [-0.4, -0.2) is 49.4 Å². The first kappa shape index (κ1) is 14.7. The van der Waals surface area contributed by atoms with Crippen LogP contribution in [0.5, 0.6) is 0 Å². The summed E-state index contributed by atoms with van der Waals surface area (Å²) in [5.74, 6) is 2.10. The molecule has 23 heavy (non-hydrogen) atoms. The van der Waals surface area contributed by atoms with E-state index >= 15 is 0 Å². The minimum Gasteiger partial charge on any atom is -0.378 e. The molecule has 0 saturated carbocycles. The minimum atomic E-state index is 0.772. The van der Waals surface area contributed by atoms with Gasteiger partial charge in [0.15, 0.2) is 11.6 Å². The summed E-state index contributed by atoms with van der Waals surface area (Å²) in [5.41, 5.74) is 1.97. The Kier molecular flexibility index (Phi) is 4.28. The lowest BCUT2D eigenvalue weighted by atomic mass is 10.2. The number of aromatic nitrogens is 2. The summed E-state index contributed by atoms with van der Waals surface area (Å²) in [4.78, 5) is 14.7. The molecule has 2 aliphatic heterocycles. The third kappa shape index (κ3) is 3.11. The monoisotopic (exact) mass is 312 g/mol. The van der Waals surface area contributed by atoms with Crippen molar-refractivity contribution in [1.82, 2.24) is 9.97 Å². The van der Waals surface area contributed by atoms with Crippen molar-refractivity contribution >= 4 is 22.7 Å². The van der Waals surface area contributed by atoms with Gasteiger partial charge in [0.05, 0.1) is 24.2 Å². The molecule has 1 aromatic heterocycles. The van der Waals surface area contributed by atoms with E-state index in [4.69, 9.17) is 14.7 Å². The fourth-order valence-corrected chi connectivity index (χ4v) is 3.46. The lowest BCUT2D eigenvalue weighted by Gasteiger charge is -2.32. The molecular formula is C18H24N4O. The van der Waals surface area contributed by atoms with Crippen molar-refractivity contribution in [2.24, 2.45) is 0 Å². The maximum atomic E-state index is 5.51. The average Bonchev–Trinajstić information content (AvgIpc) is 2.91. The standard InChI is InChI=1S/C18H24N4O/c1-2-6-10-21(9-5-1)17-18(22-11-13-23-14-12-22)20-16-8-4-3-7-15(16)19-17/h3-4,7-8H,1-2,5-6,9-14H2. The van der Waals surface area contributed by atoms with Crippen LogP contribution in [0.25, 0.3) is 11.0 Å². The Labute approximate surface area is 137 Å². The molecule has 4 rings (SSSR count). The molecule has 0 atom stereocenters. The average molecular weight is 312 g/mol. The van der Waals surface area contributed by atoms with Gasteiger partial charge in [0, 0.05) is 26.2 Å². The normalized spacial score (nSPS) is 19.8. The van der Waals surface area contributed by atoms with E-state index in [0.29, 0.717) is 0 Å². The number of ether oxygens (including phenoxy) is 1. The second-order valence-corrected chi connectivity index (χ2v) is 6.36. The van der Waals surface area contributed by atoms with Gasteiger partial charge in [-0.3, -0.25) is 0 Å². The Morgan fingerprint density at radius 2 is 1.22 bits per heavy atom. The Morgan fingerprint density at radius 1 is 0.696 bits per heavy atom. The van der Waals surface area contributed by atoms with Crippen molar-refractivity contribution in [3.63, 3.8) is 0 Å². The van der Waals surface area contributed by atoms with Crippen LogP contribution in [0.2, 0.25) is 0 Å². The molecule has 2 saturated heterocycles. The lowest BCUT2D eigenvalue weighted by molar-refractivity contribution is 0.122. The first-order valence-electron chi connectivity index (χ1n) is 8.76. The zero-order chi connectivity index (χ0) is 15.5. The highest BCUT2D eigenvalue weighted by atomic mass is 16.5. The van der Waals surface area contributed by atoms with Crippen molar-refractivity contribution in [3.05, 3.63) is 24.3 Å². The molecule has 0 bridgehead atoms. The van der Waals surface area contributed by atoms with Crippen molar-refractivity contribution in [2.45, 2.75) is 25.7 Å². The lowest BCUT2D eigenvalue weighted by Crippen LogP contribution is -2.38. The topological polar surface area (TPSA) is 41.5 Å². The van der Waals surface area contributed by atoms with Crippen LogP contribution in [0.1, 0.15) is 25.7 Å². The van der Waals surface area contributed by atoms with Crippen LogP contribution in [0.3, 0.4) is 0 Å². The predicted octanol–water partition coefficient (Wildman–Crippen LogP) is 2.85. The van der Waals surface area contributed by atoms with Gasteiger partial charge in [0.25, 0.3) is 0 Å². The number of fused-ring (bicyclic) bond motifs is 1. The van der Waals surface area contributed by atoms with Gasteiger partial charge in [0.1, 0.15) is 0 Å². The maximum Gasteiger partial charge on any atom is 0.172 e. The third-order valence-corrected chi connectivity index (χ3v) is 4.75. The largest absolute Gasteiger partial charge is 0.378 e. The summed E-state index contributed by atoms with van der Waals surface area (Å²) in [7, 11) is 0. The molecule has 5 nitrogen and oxygen atoms in total. The summed E-state index contributed by atoms with van der Waals surface area (Å²) >= 11 is 0. The fourth-order valence-electron chi connectivity index (χ4n) is 3.46. The summed E-state index contributed by atoms with van der Waals surface area (Å²) in [6.07, 6.45) is 5.14. The maximum absolute atomic E-state index is 5.51.